The van der Waals surface area contributed by atoms with Gasteiger partial charge in [0.1, 0.15) is 0 Å². The topological polar surface area (TPSA) is 0 Å². The maximum atomic E-state index is 3.71. The molecule has 0 fully saturated rings. The second kappa shape index (κ2) is 4.37. The molecule has 0 saturated carbocycles. The molecule has 0 aliphatic carbocycles. The molecule has 52 valence electrons. The van der Waals surface area contributed by atoms with Crippen molar-refractivity contribution in [3.63, 3.8) is 0 Å². The third kappa shape index (κ3) is 5.35. The standard InChI is InChI=1S/C9H16/c1-5-9(4)7-6-8(2)3/h5-6,9H,1,7H2,2-4H3/t9-/m0/s1. The van der Waals surface area contributed by atoms with Crippen molar-refractivity contribution in [2.45, 2.75) is 27.2 Å². The van der Waals surface area contributed by atoms with E-state index in [0.717, 1.165) is 6.42 Å². The lowest BCUT2D eigenvalue weighted by Crippen LogP contribution is -1.84. The summed E-state index contributed by atoms with van der Waals surface area (Å²) in [6.07, 6.45) is 5.36. The lowest BCUT2D eigenvalue weighted by Gasteiger charge is -1.98. The fourth-order valence-corrected chi connectivity index (χ4v) is 0.518. The van der Waals surface area contributed by atoms with Gasteiger partial charge >= 0.3 is 0 Å². The Kier molecular flexibility index (Phi) is 4.12. The van der Waals surface area contributed by atoms with Gasteiger partial charge in [-0.3, -0.25) is 0 Å². The Bertz CT molecular complexity index is 105. The molecule has 0 amide bonds. The molecule has 1 atom stereocenters. The van der Waals surface area contributed by atoms with Crippen LogP contribution in [0.2, 0.25) is 0 Å². The van der Waals surface area contributed by atoms with Gasteiger partial charge < -0.3 is 0 Å². The highest BCUT2D eigenvalue weighted by molar-refractivity contribution is 4.95. The number of allylic oxidation sites excluding steroid dienone is 3. The van der Waals surface area contributed by atoms with Crippen LogP contribution in [0.1, 0.15) is 27.2 Å². The van der Waals surface area contributed by atoms with Crippen LogP contribution in [-0.4, -0.2) is 0 Å². The monoisotopic (exact) mass is 124 g/mol. The normalized spacial score (nSPS) is 12.3. The molecule has 0 nitrogen and oxygen atoms in total. The highest BCUT2D eigenvalue weighted by atomic mass is 14.0. The fraction of sp³-hybridized carbons (Fsp3) is 0.556. The zero-order valence-corrected chi connectivity index (χ0v) is 6.65. The van der Waals surface area contributed by atoms with Gasteiger partial charge in [-0.25, -0.2) is 0 Å². The van der Waals surface area contributed by atoms with Crippen molar-refractivity contribution < 1.29 is 0 Å². The number of rotatable bonds is 3. The van der Waals surface area contributed by atoms with Crippen LogP contribution < -0.4 is 0 Å². The third-order valence-corrected chi connectivity index (χ3v) is 1.30. The van der Waals surface area contributed by atoms with E-state index >= 15 is 0 Å². The molecule has 0 aliphatic heterocycles. The summed E-state index contributed by atoms with van der Waals surface area (Å²) in [6, 6.07) is 0. The molecule has 0 spiro atoms. The average molecular weight is 124 g/mol. The summed E-state index contributed by atoms with van der Waals surface area (Å²) in [6.45, 7) is 10.1. The maximum Gasteiger partial charge on any atom is -0.0230 e. The second-order valence-corrected chi connectivity index (χ2v) is 2.73. The predicted molar refractivity (Wildman–Crippen MR) is 43.4 cm³/mol. The van der Waals surface area contributed by atoms with Crippen LogP contribution >= 0.6 is 0 Å². The van der Waals surface area contributed by atoms with Crippen LogP contribution in [0.5, 0.6) is 0 Å². The Morgan fingerprint density at radius 3 is 2.44 bits per heavy atom. The highest BCUT2D eigenvalue weighted by Gasteiger charge is 1.89. The molecule has 0 radical (unpaired) electrons. The van der Waals surface area contributed by atoms with Crippen LogP contribution in [0.3, 0.4) is 0 Å². The molecule has 9 heavy (non-hydrogen) atoms. The van der Waals surface area contributed by atoms with Gasteiger partial charge in [0.2, 0.25) is 0 Å². The van der Waals surface area contributed by atoms with E-state index in [1.165, 1.54) is 5.57 Å². The first-order valence-electron chi connectivity index (χ1n) is 3.42. The van der Waals surface area contributed by atoms with E-state index in [4.69, 9.17) is 0 Å². The molecular weight excluding hydrogens is 108 g/mol. The molecular formula is C9H16. The fourth-order valence-electron chi connectivity index (χ4n) is 0.518. The highest BCUT2D eigenvalue weighted by Crippen LogP contribution is 2.04. The van der Waals surface area contributed by atoms with Crippen molar-refractivity contribution in [3.05, 3.63) is 24.3 Å². The molecule has 0 unspecified atom stereocenters. The summed E-state index contributed by atoms with van der Waals surface area (Å²) in [7, 11) is 0. The average Bonchev–Trinajstić information content (AvgIpc) is 1.83. The molecule has 0 aliphatic rings. The lowest BCUT2D eigenvalue weighted by atomic mass is 10.1. The van der Waals surface area contributed by atoms with E-state index in [1.807, 2.05) is 6.08 Å². The van der Waals surface area contributed by atoms with Gasteiger partial charge in [0.15, 0.2) is 0 Å². The van der Waals surface area contributed by atoms with E-state index in [-0.39, 0.29) is 0 Å². The number of hydrogen-bond donors (Lipinski definition) is 0. The Labute approximate surface area is 58.3 Å². The minimum atomic E-state index is 0.625. The van der Waals surface area contributed by atoms with E-state index in [9.17, 15) is 0 Å². The summed E-state index contributed by atoms with van der Waals surface area (Å²) in [4.78, 5) is 0. The molecule has 0 heteroatoms. The zero-order chi connectivity index (χ0) is 7.28. The van der Waals surface area contributed by atoms with Crippen LogP contribution in [0.25, 0.3) is 0 Å². The van der Waals surface area contributed by atoms with E-state index in [0.29, 0.717) is 5.92 Å². The van der Waals surface area contributed by atoms with Crippen LogP contribution in [0.15, 0.2) is 24.3 Å². The van der Waals surface area contributed by atoms with E-state index < -0.39 is 0 Å². The Balaban J connectivity index is 3.49. The van der Waals surface area contributed by atoms with Crippen LogP contribution in [0.4, 0.5) is 0 Å². The summed E-state index contributed by atoms with van der Waals surface area (Å²) in [5.74, 6) is 0.625. The van der Waals surface area contributed by atoms with Crippen molar-refractivity contribution >= 4 is 0 Å². The molecule has 0 N–H and O–H groups in total. The van der Waals surface area contributed by atoms with Gasteiger partial charge in [0.25, 0.3) is 0 Å². The first-order valence-corrected chi connectivity index (χ1v) is 3.42. The number of hydrogen-bond acceptors (Lipinski definition) is 0. The van der Waals surface area contributed by atoms with Gasteiger partial charge in [-0.2, -0.15) is 0 Å². The molecule has 0 bridgehead atoms. The Morgan fingerprint density at radius 1 is 1.56 bits per heavy atom. The summed E-state index contributed by atoms with van der Waals surface area (Å²) < 4.78 is 0. The lowest BCUT2D eigenvalue weighted by molar-refractivity contribution is 0.743. The molecule has 0 rings (SSSR count). The second-order valence-electron chi connectivity index (χ2n) is 2.73. The predicted octanol–water partition coefficient (Wildman–Crippen LogP) is 3.16. The summed E-state index contributed by atoms with van der Waals surface area (Å²) in [5, 5.41) is 0. The maximum absolute atomic E-state index is 3.71. The van der Waals surface area contributed by atoms with Crippen molar-refractivity contribution in [3.8, 4) is 0 Å². The molecule has 0 saturated heterocycles. The van der Waals surface area contributed by atoms with Crippen molar-refractivity contribution in [1.82, 2.24) is 0 Å². The zero-order valence-electron chi connectivity index (χ0n) is 6.65. The summed E-state index contributed by atoms with van der Waals surface area (Å²) >= 11 is 0. The van der Waals surface area contributed by atoms with Crippen molar-refractivity contribution in [2.24, 2.45) is 5.92 Å². The molecule has 0 heterocycles. The quantitative estimate of drug-likeness (QED) is 0.507. The molecule has 0 aromatic heterocycles. The van der Waals surface area contributed by atoms with E-state index in [1.54, 1.807) is 0 Å². The van der Waals surface area contributed by atoms with Gasteiger partial charge in [0, 0.05) is 0 Å². The van der Waals surface area contributed by atoms with Gasteiger partial charge in [-0.1, -0.05) is 24.6 Å². The summed E-state index contributed by atoms with van der Waals surface area (Å²) in [5.41, 5.74) is 1.39. The van der Waals surface area contributed by atoms with Crippen molar-refractivity contribution in [2.75, 3.05) is 0 Å². The smallest absolute Gasteiger partial charge is 0.0230 e. The molecule has 0 aromatic rings. The minimum absolute atomic E-state index is 0.625. The third-order valence-electron chi connectivity index (χ3n) is 1.30. The van der Waals surface area contributed by atoms with Crippen molar-refractivity contribution in [1.29, 1.82) is 0 Å². The first kappa shape index (κ1) is 8.48. The first-order chi connectivity index (χ1) is 4.16. The van der Waals surface area contributed by atoms with Gasteiger partial charge in [-0.05, 0) is 26.2 Å². The van der Waals surface area contributed by atoms with Crippen LogP contribution in [0, 0.1) is 5.92 Å². The van der Waals surface area contributed by atoms with Gasteiger partial charge in [0.05, 0.1) is 0 Å². The van der Waals surface area contributed by atoms with Crippen LogP contribution in [-0.2, 0) is 0 Å². The largest absolute Gasteiger partial charge is 0.103 e. The minimum Gasteiger partial charge on any atom is -0.103 e. The molecule has 0 aromatic carbocycles. The Morgan fingerprint density at radius 2 is 2.11 bits per heavy atom. The van der Waals surface area contributed by atoms with Gasteiger partial charge in [-0.15, -0.1) is 6.58 Å². The Hall–Kier alpha value is -0.520. The SMILES string of the molecule is C=C[C@H](C)CC=C(C)C. The van der Waals surface area contributed by atoms with E-state index in [2.05, 4.69) is 33.4 Å².